The van der Waals surface area contributed by atoms with Crippen LogP contribution >= 0.6 is 0 Å². The third-order valence-corrected chi connectivity index (χ3v) is 7.33. The van der Waals surface area contributed by atoms with Gasteiger partial charge in [-0.15, -0.1) is 0 Å². The zero-order chi connectivity index (χ0) is 22.2. The van der Waals surface area contributed by atoms with Gasteiger partial charge in [-0.1, -0.05) is 49.9 Å². The molecule has 1 amide bonds. The maximum atomic E-state index is 12.7. The summed E-state index contributed by atoms with van der Waals surface area (Å²) >= 11 is 0. The Morgan fingerprint density at radius 1 is 1.00 bits per heavy atom. The molecule has 1 aromatic carbocycles. The second-order valence-corrected chi connectivity index (χ2v) is 9.83. The molecule has 4 rings (SSSR count). The van der Waals surface area contributed by atoms with E-state index in [0.717, 1.165) is 51.4 Å². The van der Waals surface area contributed by atoms with Crippen LogP contribution in [0.3, 0.4) is 0 Å². The van der Waals surface area contributed by atoms with Crippen LogP contribution in [0.25, 0.3) is 0 Å². The van der Waals surface area contributed by atoms with Gasteiger partial charge >= 0.3 is 0 Å². The molecule has 0 radical (unpaired) electrons. The lowest BCUT2D eigenvalue weighted by Crippen LogP contribution is -2.45. The van der Waals surface area contributed by atoms with Crippen molar-refractivity contribution in [1.29, 1.82) is 0 Å². The maximum Gasteiger partial charge on any atom is 0.225 e. The number of hydrogen-bond donors (Lipinski definition) is 2. The molecule has 2 heterocycles. The average molecular weight is 440 g/mol. The van der Waals surface area contributed by atoms with Crippen LogP contribution in [0.2, 0.25) is 0 Å². The van der Waals surface area contributed by atoms with Crippen LogP contribution < -0.4 is 10.6 Å². The molecule has 0 bridgehead atoms. The van der Waals surface area contributed by atoms with Crippen molar-refractivity contribution in [3.8, 4) is 0 Å². The van der Waals surface area contributed by atoms with E-state index in [1.54, 1.807) is 0 Å². The first-order valence-corrected chi connectivity index (χ1v) is 12.8. The number of likely N-dealkylation sites (tertiary alicyclic amines) is 2. The van der Waals surface area contributed by atoms with E-state index >= 15 is 0 Å². The van der Waals surface area contributed by atoms with Gasteiger partial charge in [-0.2, -0.15) is 0 Å². The highest BCUT2D eigenvalue weighted by atomic mass is 16.2. The molecule has 1 unspecified atom stereocenters. The van der Waals surface area contributed by atoms with Crippen LogP contribution in [-0.2, 0) is 17.9 Å². The van der Waals surface area contributed by atoms with Crippen molar-refractivity contribution in [3.63, 3.8) is 0 Å². The molecule has 1 aliphatic carbocycles. The van der Waals surface area contributed by atoms with Crippen LogP contribution in [-0.4, -0.2) is 60.9 Å². The Kier molecular flexibility index (Phi) is 8.43. The molecule has 2 aliphatic heterocycles. The van der Waals surface area contributed by atoms with Crippen LogP contribution in [0.1, 0.15) is 68.9 Å². The number of rotatable bonds is 6. The first-order chi connectivity index (χ1) is 15.7. The first kappa shape index (κ1) is 23.1. The predicted molar refractivity (Wildman–Crippen MR) is 130 cm³/mol. The molecule has 6 heteroatoms. The second-order valence-electron chi connectivity index (χ2n) is 9.83. The van der Waals surface area contributed by atoms with E-state index < -0.39 is 0 Å². The number of nitrogens with one attached hydrogen (secondary N) is 2. The molecule has 3 fully saturated rings. The van der Waals surface area contributed by atoms with E-state index in [9.17, 15) is 4.79 Å². The zero-order valence-corrected chi connectivity index (χ0v) is 19.8. The van der Waals surface area contributed by atoms with Gasteiger partial charge in [0.15, 0.2) is 5.96 Å². The Balaban J connectivity index is 1.23. The molecule has 2 N–H and O–H groups in total. The van der Waals surface area contributed by atoms with Crippen molar-refractivity contribution in [1.82, 2.24) is 20.4 Å². The topological polar surface area (TPSA) is 60.0 Å². The van der Waals surface area contributed by atoms with E-state index in [0.29, 0.717) is 5.91 Å². The molecule has 1 saturated carbocycles. The molecule has 32 heavy (non-hydrogen) atoms. The van der Waals surface area contributed by atoms with Crippen molar-refractivity contribution >= 4 is 11.9 Å². The third-order valence-electron chi connectivity index (χ3n) is 7.33. The van der Waals surface area contributed by atoms with Gasteiger partial charge < -0.3 is 15.5 Å². The fraction of sp³-hybridized carbons (Fsp3) is 0.692. The SMILES string of the molecule is CN=C(NCc1cccc(CN2CCCCCC2)c1)NC1CCN(C(=O)C2CCCC2)C1. The molecular formula is C26H41N5O. The molecule has 1 atom stereocenters. The first-order valence-electron chi connectivity index (χ1n) is 12.8. The number of amides is 1. The maximum absolute atomic E-state index is 12.7. The molecule has 0 aromatic heterocycles. The molecule has 0 spiro atoms. The van der Waals surface area contributed by atoms with E-state index in [1.807, 2.05) is 7.05 Å². The summed E-state index contributed by atoms with van der Waals surface area (Å²) in [4.78, 5) is 21.8. The minimum absolute atomic E-state index is 0.271. The molecule has 176 valence electrons. The van der Waals surface area contributed by atoms with Crippen molar-refractivity contribution in [3.05, 3.63) is 35.4 Å². The Labute approximate surface area is 193 Å². The highest BCUT2D eigenvalue weighted by Crippen LogP contribution is 2.27. The Bertz CT molecular complexity index is 765. The minimum Gasteiger partial charge on any atom is -0.352 e. The highest BCUT2D eigenvalue weighted by molar-refractivity contribution is 5.81. The number of guanidine groups is 1. The molecule has 6 nitrogen and oxygen atoms in total. The smallest absolute Gasteiger partial charge is 0.225 e. The number of carbonyl (C=O) groups is 1. The number of aliphatic imine (C=N–C) groups is 1. The summed E-state index contributed by atoms with van der Waals surface area (Å²) in [6, 6.07) is 9.20. The molecule has 1 aromatic rings. The fourth-order valence-corrected chi connectivity index (χ4v) is 5.47. The molecular weight excluding hydrogens is 398 g/mol. The zero-order valence-electron chi connectivity index (χ0n) is 19.8. The summed E-state index contributed by atoms with van der Waals surface area (Å²) in [6.45, 7) is 5.91. The summed E-state index contributed by atoms with van der Waals surface area (Å²) in [5, 5.41) is 7.01. The number of hydrogen-bond acceptors (Lipinski definition) is 3. The van der Waals surface area contributed by atoms with Crippen LogP contribution in [0.4, 0.5) is 0 Å². The Morgan fingerprint density at radius 3 is 2.50 bits per heavy atom. The summed E-state index contributed by atoms with van der Waals surface area (Å²) in [5.74, 6) is 1.46. The van der Waals surface area contributed by atoms with E-state index in [2.05, 4.69) is 49.7 Å². The van der Waals surface area contributed by atoms with Crippen LogP contribution in [0.5, 0.6) is 0 Å². The van der Waals surface area contributed by atoms with Gasteiger partial charge in [0, 0.05) is 45.2 Å². The standard InChI is InChI=1S/C26H41N5O/c1-27-26(29-24-13-16-31(20-24)25(32)23-11-4-5-12-23)28-18-21-9-8-10-22(17-21)19-30-14-6-2-3-7-15-30/h8-10,17,23-24H,2-7,11-16,18-20H2,1H3,(H2,27,28,29). The lowest BCUT2D eigenvalue weighted by atomic mass is 10.1. The van der Waals surface area contributed by atoms with Gasteiger partial charge in [-0.05, 0) is 56.3 Å². The summed E-state index contributed by atoms with van der Waals surface area (Å²) in [7, 11) is 1.82. The van der Waals surface area contributed by atoms with Gasteiger partial charge in [0.25, 0.3) is 0 Å². The predicted octanol–water partition coefficient (Wildman–Crippen LogP) is 3.52. The van der Waals surface area contributed by atoms with Crippen molar-refractivity contribution in [2.45, 2.75) is 76.9 Å². The lowest BCUT2D eigenvalue weighted by Gasteiger charge is -2.22. The number of nitrogens with zero attached hydrogens (tertiary/aromatic N) is 3. The summed E-state index contributed by atoms with van der Waals surface area (Å²) in [6.07, 6.45) is 11.0. The van der Waals surface area contributed by atoms with E-state index in [4.69, 9.17) is 0 Å². The monoisotopic (exact) mass is 439 g/mol. The largest absolute Gasteiger partial charge is 0.352 e. The van der Waals surface area contributed by atoms with Crippen molar-refractivity contribution in [2.75, 3.05) is 33.2 Å². The number of carbonyl (C=O) groups excluding carboxylic acids is 1. The van der Waals surface area contributed by atoms with Gasteiger partial charge in [0.2, 0.25) is 5.91 Å². The Morgan fingerprint density at radius 2 is 1.75 bits per heavy atom. The van der Waals surface area contributed by atoms with Crippen molar-refractivity contribution < 1.29 is 4.79 Å². The van der Waals surface area contributed by atoms with Gasteiger partial charge in [0.05, 0.1) is 0 Å². The summed E-state index contributed by atoms with van der Waals surface area (Å²) in [5.41, 5.74) is 2.68. The Hall–Kier alpha value is -2.08. The second kappa shape index (κ2) is 11.7. The molecule has 3 aliphatic rings. The fourth-order valence-electron chi connectivity index (χ4n) is 5.47. The van der Waals surface area contributed by atoms with Crippen LogP contribution in [0.15, 0.2) is 29.3 Å². The summed E-state index contributed by atoms with van der Waals surface area (Å²) < 4.78 is 0. The highest BCUT2D eigenvalue weighted by Gasteiger charge is 2.32. The lowest BCUT2D eigenvalue weighted by molar-refractivity contribution is -0.134. The van der Waals surface area contributed by atoms with Crippen LogP contribution in [0, 0.1) is 5.92 Å². The normalized spacial score (nSPS) is 23.3. The minimum atomic E-state index is 0.271. The van der Waals surface area contributed by atoms with Gasteiger partial charge in [0.1, 0.15) is 0 Å². The van der Waals surface area contributed by atoms with E-state index in [-0.39, 0.29) is 12.0 Å². The van der Waals surface area contributed by atoms with E-state index in [1.165, 1.54) is 62.7 Å². The molecule has 2 saturated heterocycles. The third kappa shape index (κ3) is 6.47. The van der Waals surface area contributed by atoms with Crippen molar-refractivity contribution in [2.24, 2.45) is 10.9 Å². The van der Waals surface area contributed by atoms with Gasteiger partial charge in [-0.3, -0.25) is 14.7 Å². The number of benzene rings is 1. The average Bonchev–Trinajstić information content (AvgIpc) is 3.45. The van der Waals surface area contributed by atoms with Gasteiger partial charge in [-0.25, -0.2) is 0 Å². The quantitative estimate of drug-likeness (QED) is 0.526.